The number of carbonyl (C=O) groups is 1. The Balaban J connectivity index is 1.04. The number of allylic oxidation sites excluding steroid dienone is 1. The third kappa shape index (κ3) is 4.11. The number of hydrogen-bond acceptors (Lipinski definition) is 7. The van der Waals surface area contributed by atoms with E-state index in [0.717, 1.165) is 31.2 Å². The first-order chi connectivity index (χ1) is 20.7. The molecule has 0 spiro atoms. The Morgan fingerprint density at radius 1 is 1.14 bits per heavy atom. The van der Waals surface area contributed by atoms with Crippen LogP contribution in [0.15, 0.2) is 45.7 Å². The Morgan fingerprint density at radius 3 is 2.77 bits per heavy atom. The lowest BCUT2D eigenvalue weighted by atomic mass is 9.45. The van der Waals surface area contributed by atoms with Crippen molar-refractivity contribution in [3.05, 3.63) is 47.3 Å². The predicted octanol–water partition coefficient (Wildman–Crippen LogP) is 6.77. The van der Waals surface area contributed by atoms with E-state index in [2.05, 4.69) is 35.8 Å². The van der Waals surface area contributed by atoms with Gasteiger partial charge in [0.15, 0.2) is 11.4 Å². The number of nitrogens with zero attached hydrogens (tertiary/aromatic N) is 3. The summed E-state index contributed by atoms with van der Waals surface area (Å²) in [4.78, 5) is 18.3. The van der Waals surface area contributed by atoms with Crippen LogP contribution in [0.1, 0.15) is 95.4 Å². The lowest BCUT2D eigenvalue weighted by molar-refractivity contribution is -0.177. The molecule has 8 rings (SSSR count). The molecule has 0 bridgehead atoms. The maximum Gasteiger partial charge on any atom is 0.257 e. The highest BCUT2D eigenvalue weighted by molar-refractivity contribution is 7.99. The maximum atomic E-state index is 13.8. The Labute approximate surface area is 257 Å². The average Bonchev–Trinajstić information content (AvgIpc) is 3.68. The van der Waals surface area contributed by atoms with Gasteiger partial charge >= 0.3 is 0 Å². The second-order valence-electron chi connectivity index (χ2n) is 14.6. The van der Waals surface area contributed by atoms with Gasteiger partial charge in [-0.2, -0.15) is 5.10 Å². The summed E-state index contributed by atoms with van der Waals surface area (Å²) < 4.78 is 8.13. The Morgan fingerprint density at radius 2 is 1.95 bits per heavy atom. The van der Waals surface area contributed by atoms with Gasteiger partial charge in [0.2, 0.25) is 0 Å². The third-order valence-electron chi connectivity index (χ3n) is 12.6. The molecule has 0 aliphatic heterocycles. The number of ketones is 1. The quantitative estimate of drug-likeness (QED) is 0.311. The number of benzene rings is 1. The second kappa shape index (κ2) is 10.0. The normalized spacial score (nSPS) is 37.3. The van der Waals surface area contributed by atoms with Crippen LogP contribution in [-0.4, -0.2) is 48.2 Å². The summed E-state index contributed by atoms with van der Waals surface area (Å²) in [5.41, 5.74) is 3.28. The van der Waals surface area contributed by atoms with Gasteiger partial charge in [0.05, 0.1) is 29.8 Å². The highest BCUT2D eigenvalue weighted by atomic mass is 32.2. The molecule has 0 radical (unpaired) electrons. The van der Waals surface area contributed by atoms with Gasteiger partial charge in [-0.15, -0.1) is 0 Å². The Kier molecular flexibility index (Phi) is 6.56. The summed E-state index contributed by atoms with van der Waals surface area (Å²) in [5.74, 6) is 0.527. The summed E-state index contributed by atoms with van der Waals surface area (Å²) in [6.07, 6.45) is 14.9. The summed E-state index contributed by atoms with van der Waals surface area (Å²) >= 11 is 1.26. The van der Waals surface area contributed by atoms with E-state index in [0.29, 0.717) is 29.7 Å². The minimum atomic E-state index is -1.46. The molecule has 3 aromatic rings. The zero-order chi connectivity index (χ0) is 29.6. The van der Waals surface area contributed by atoms with Crippen molar-refractivity contribution in [1.82, 2.24) is 14.8 Å². The molecule has 2 N–H and O–H groups in total. The van der Waals surface area contributed by atoms with Crippen molar-refractivity contribution in [2.24, 2.45) is 28.6 Å². The highest BCUT2D eigenvalue weighted by Crippen LogP contribution is 2.67. The van der Waals surface area contributed by atoms with Gasteiger partial charge in [-0.3, -0.25) is 9.48 Å². The zero-order valence-corrected chi connectivity index (χ0v) is 26.1. The van der Waals surface area contributed by atoms with Crippen molar-refractivity contribution in [3.8, 4) is 0 Å². The fraction of sp³-hybridized carbons (Fsp3) is 0.629. The first kappa shape index (κ1) is 28.1. The van der Waals surface area contributed by atoms with Crippen LogP contribution in [0.25, 0.3) is 17.2 Å². The molecule has 4 fully saturated rings. The van der Waals surface area contributed by atoms with Crippen LogP contribution in [0.2, 0.25) is 0 Å². The fourth-order valence-electron chi connectivity index (χ4n) is 10.4. The smallest absolute Gasteiger partial charge is 0.257 e. The molecule has 0 amide bonds. The molecule has 2 heterocycles. The van der Waals surface area contributed by atoms with Crippen LogP contribution in [0.4, 0.5) is 0 Å². The maximum absolute atomic E-state index is 13.8. The first-order valence-corrected chi connectivity index (χ1v) is 17.4. The number of aliphatic hydroxyl groups is 2. The summed E-state index contributed by atoms with van der Waals surface area (Å²) in [6.45, 7) is 4.44. The number of carbonyl (C=O) groups excluding carboxylic acids is 1. The van der Waals surface area contributed by atoms with Gasteiger partial charge in [0.1, 0.15) is 11.1 Å². The predicted molar refractivity (Wildman–Crippen MR) is 166 cm³/mol. The molecule has 5 aliphatic rings. The van der Waals surface area contributed by atoms with E-state index in [1.807, 2.05) is 24.3 Å². The van der Waals surface area contributed by atoms with Crippen LogP contribution >= 0.6 is 11.8 Å². The van der Waals surface area contributed by atoms with Gasteiger partial charge in [0, 0.05) is 5.41 Å². The monoisotopic (exact) mass is 601 g/mol. The Bertz CT molecular complexity index is 1570. The minimum Gasteiger partial charge on any atom is -0.431 e. The number of fused-ring (bicyclic) bond motifs is 7. The second-order valence-corrected chi connectivity index (χ2v) is 15.6. The molecule has 6 unspecified atom stereocenters. The minimum absolute atomic E-state index is 0.105. The molecule has 1 aromatic carbocycles. The van der Waals surface area contributed by atoms with Gasteiger partial charge in [-0.05, 0) is 98.3 Å². The summed E-state index contributed by atoms with van der Waals surface area (Å²) in [5, 5.41) is 29.5. The molecular formula is C35H43N3O4S. The average molecular weight is 602 g/mol. The summed E-state index contributed by atoms with van der Waals surface area (Å²) in [7, 11) is 0. The molecule has 8 heteroatoms. The van der Waals surface area contributed by atoms with E-state index in [1.165, 1.54) is 60.7 Å². The number of aromatic nitrogens is 3. The molecule has 2 aromatic heterocycles. The summed E-state index contributed by atoms with van der Waals surface area (Å²) in [6, 6.07) is 8.08. The van der Waals surface area contributed by atoms with Crippen LogP contribution in [0.5, 0.6) is 0 Å². The van der Waals surface area contributed by atoms with Crippen molar-refractivity contribution in [2.75, 3.05) is 5.75 Å². The van der Waals surface area contributed by atoms with Gasteiger partial charge in [0.25, 0.3) is 5.22 Å². The molecule has 5 aliphatic carbocycles. The van der Waals surface area contributed by atoms with Crippen molar-refractivity contribution in [1.29, 1.82) is 0 Å². The van der Waals surface area contributed by atoms with Crippen molar-refractivity contribution >= 4 is 34.7 Å². The van der Waals surface area contributed by atoms with Crippen LogP contribution in [-0.2, 0) is 11.2 Å². The van der Waals surface area contributed by atoms with E-state index in [9.17, 15) is 15.0 Å². The number of Topliss-reactive ketones (excluding diaryl/α,β-unsaturated/α-hetero) is 1. The molecule has 7 atom stereocenters. The standard InChI is InChI=1S/C35H43N3O4S/c1-33-17-21-19-36-38(23-8-4-3-5-9-23)27(21)16-22(33)12-13-24-25-14-15-35(41,34(25,2)18-28(39)31(24)33)30(40)20-43-32-37-26-10-6-7-11-29(26)42-32/h6-7,10-11,16,19,23-25,28,31,39,41H,3-5,8-9,12-15,17-18,20H2,1-2H3/t24?,25?,28?,31?,33?,34?,35-/m0/s1. The number of aliphatic hydroxyl groups excluding tert-OH is 1. The number of hydrogen-bond donors (Lipinski definition) is 2. The number of thioether (sulfide) groups is 1. The number of para-hydroxylation sites is 2. The molecule has 7 nitrogen and oxygen atoms in total. The fourth-order valence-corrected chi connectivity index (χ4v) is 11.2. The van der Waals surface area contributed by atoms with Crippen molar-refractivity contribution < 1.29 is 19.4 Å². The van der Waals surface area contributed by atoms with Crippen LogP contribution in [0, 0.1) is 28.6 Å². The Hall–Kier alpha value is -2.42. The number of oxazole rings is 1. The van der Waals surface area contributed by atoms with Gasteiger partial charge in [-0.25, -0.2) is 4.98 Å². The van der Waals surface area contributed by atoms with E-state index in [1.54, 1.807) is 0 Å². The van der Waals surface area contributed by atoms with Gasteiger partial charge < -0.3 is 14.6 Å². The molecule has 4 saturated carbocycles. The highest BCUT2D eigenvalue weighted by Gasteiger charge is 2.68. The zero-order valence-electron chi connectivity index (χ0n) is 25.3. The van der Waals surface area contributed by atoms with Crippen molar-refractivity contribution in [2.45, 2.75) is 107 Å². The largest absolute Gasteiger partial charge is 0.431 e. The SMILES string of the molecule is CC12Cc3cnn(C4CCCCC4)c3C=C1CCC1C2C(O)CC2(C)C1CC[C@]2(O)C(=O)CSc1nc2ccccc2o1. The van der Waals surface area contributed by atoms with E-state index in [4.69, 9.17) is 9.52 Å². The van der Waals surface area contributed by atoms with E-state index >= 15 is 0 Å². The van der Waals surface area contributed by atoms with E-state index < -0.39 is 17.1 Å². The van der Waals surface area contributed by atoms with Gasteiger partial charge in [-0.1, -0.05) is 62.6 Å². The molecule has 43 heavy (non-hydrogen) atoms. The van der Waals surface area contributed by atoms with E-state index in [-0.39, 0.29) is 34.7 Å². The number of rotatable bonds is 5. The van der Waals surface area contributed by atoms with Crippen LogP contribution < -0.4 is 0 Å². The topological polar surface area (TPSA) is 101 Å². The molecule has 228 valence electrons. The first-order valence-electron chi connectivity index (χ1n) is 16.4. The molecule has 0 saturated heterocycles. The lowest BCUT2D eigenvalue weighted by Gasteiger charge is -2.60. The third-order valence-corrected chi connectivity index (χ3v) is 13.4. The lowest BCUT2D eigenvalue weighted by Crippen LogP contribution is -2.62. The van der Waals surface area contributed by atoms with Crippen LogP contribution in [0.3, 0.4) is 0 Å². The van der Waals surface area contributed by atoms with Crippen molar-refractivity contribution in [3.63, 3.8) is 0 Å². The molecular weight excluding hydrogens is 558 g/mol.